The minimum Gasteiger partial charge on any atom is -0.492 e. The topological polar surface area (TPSA) is 56.8 Å². The molecule has 28 heavy (non-hydrogen) atoms. The summed E-state index contributed by atoms with van der Waals surface area (Å²) in [6.45, 7) is 2.42. The number of carbonyl (C=O) groups excluding carboxylic acids is 1. The lowest BCUT2D eigenvalue weighted by atomic mass is 9.96. The van der Waals surface area contributed by atoms with Gasteiger partial charge in [-0.25, -0.2) is 4.79 Å². The second-order valence-electron chi connectivity index (χ2n) is 6.23. The summed E-state index contributed by atoms with van der Waals surface area (Å²) < 4.78 is 16.8. The molecule has 0 aromatic heterocycles. The molecule has 1 fully saturated rings. The van der Waals surface area contributed by atoms with E-state index in [1.165, 1.54) is 7.11 Å². The lowest BCUT2D eigenvalue weighted by Gasteiger charge is -2.26. The zero-order chi connectivity index (χ0) is 19.2. The van der Waals surface area contributed by atoms with Gasteiger partial charge in [-0.2, -0.15) is 0 Å². The van der Waals surface area contributed by atoms with E-state index in [1.54, 1.807) is 24.3 Å². The molecular formula is C20H22Cl3NO4. The van der Waals surface area contributed by atoms with Crippen molar-refractivity contribution in [2.45, 2.75) is 6.10 Å². The fourth-order valence-electron chi connectivity index (χ4n) is 3.06. The lowest BCUT2D eigenvalue weighted by Crippen LogP contribution is -2.29. The van der Waals surface area contributed by atoms with E-state index in [-0.39, 0.29) is 24.4 Å². The fourth-order valence-corrected chi connectivity index (χ4v) is 3.37. The summed E-state index contributed by atoms with van der Waals surface area (Å²) in [5.41, 5.74) is 1.34. The summed E-state index contributed by atoms with van der Waals surface area (Å²) in [4.78, 5) is 11.9. The van der Waals surface area contributed by atoms with Crippen LogP contribution in [0.4, 0.5) is 0 Å². The molecule has 0 aliphatic carbocycles. The van der Waals surface area contributed by atoms with Gasteiger partial charge in [0.2, 0.25) is 0 Å². The average Bonchev–Trinajstić information content (AvgIpc) is 2.93. The number of hydrogen-bond acceptors (Lipinski definition) is 5. The molecule has 0 radical (unpaired) electrons. The first-order valence-corrected chi connectivity index (χ1v) is 9.43. The van der Waals surface area contributed by atoms with Crippen molar-refractivity contribution in [2.24, 2.45) is 5.92 Å². The maximum absolute atomic E-state index is 11.9. The van der Waals surface area contributed by atoms with E-state index < -0.39 is 5.97 Å². The molecule has 1 aliphatic heterocycles. The number of nitrogens with one attached hydrogen (secondary N) is 1. The van der Waals surface area contributed by atoms with Crippen LogP contribution in [0, 0.1) is 5.92 Å². The zero-order valence-corrected chi connectivity index (χ0v) is 17.7. The van der Waals surface area contributed by atoms with Crippen LogP contribution in [0.5, 0.6) is 5.75 Å². The summed E-state index contributed by atoms with van der Waals surface area (Å²) >= 11 is 12.2. The predicted octanol–water partition coefficient (Wildman–Crippen LogP) is 4.56. The Morgan fingerprint density at radius 2 is 2.00 bits per heavy atom. The monoisotopic (exact) mass is 445 g/mol. The maximum Gasteiger partial charge on any atom is 0.341 e. The van der Waals surface area contributed by atoms with Crippen LogP contribution < -0.4 is 10.1 Å². The normalized spacial score (nSPS) is 19.2. The molecule has 152 valence electrons. The van der Waals surface area contributed by atoms with Crippen LogP contribution in [0.2, 0.25) is 10.0 Å². The summed E-state index contributed by atoms with van der Waals surface area (Å²) in [5.74, 6) is 0.0822. The highest BCUT2D eigenvalue weighted by atomic mass is 35.5. The maximum atomic E-state index is 11.9. The number of ether oxygens (including phenoxy) is 3. The quantitative estimate of drug-likeness (QED) is 0.683. The Bertz CT molecular complexity index is 803. The van der Waals surface area contributed by atoms with E-state index in [2.05, 4.69) is 5.32 Å². The van der Waals surface area contributed by atoms with Crippen LogP contribution in [0.15, 0.2) is 42.5 Å². The van der Waals surface area contributed by atoms with Crippen LogP contribution in [0.25, 0.3) is 0 Å². The van der Waals surface area contributed by atoms with Gasteiger partial charge in [0.05, 0.1) is 36.5 Å². The number of rotatable bonds is 5. The summed E-state index contributed by atoms with van der Waals surface area (Å²) in [7, 11) is 1.35. The zero-order valence-electron chi connectivity index (χ0n) is 15.3. The Labute approximate surface area is 180 Å². The molecule has 5 nitrogen and oxygen atoms in total. The number of methoxy groups -OCH3 is 1. The fraction of sp³-hybridized carbons (Fsp3) is 0.350. The highest BCUT2D eigenvalue weighted by Gasteiger charge is 2.28. The van der Waals surface area contributed by atoms with Crippen molar-refractivity contribution < 1.29 is 19.0 Å². The Balaban J connectivity index is 0.00000280. The molecular weight excluding hydrogens is 425 g/mol. The van der Waals surface area contributed by atoms with E-state index in [9.17, 15) is 4.79 Å². The van der Waals surface area contributed by atoms with Gasteiger partial charge in [-0.05, 0) is 29.8 Å². The number of halogens is 3. The van der Waals surface area contributed by atoms with E-state index in [0.717, 1.165) is 12.1 Å². The number of esters is 1. The molecule has 3 rings (SSSR count). The second kappa shape index (κ2) is 10.9. The molecule has 0 amide bonds. The standard InChI is InChI=1S/C20H21Cl2NO4.ClH/c1-25-20(24)15-4-2-3-5-18(15)27-12-14-11-23-8-9-26-19(14)13-6-7-16(21)17(22)10-13;/h2-7,10,14,19,23H,8-9,11-12H2,1H3;1H/t14-,19-;/m0./s1. The lowest BCUT2D eigenvalue weighted by molar-refractivity contribution is 0.0151. The van der Waals surface area contributed by atoms with E-state index >= 15 is 0 Å². The number of hydrogen-bond donors (Lipinski definition) is 1. The molecule has 1 aliphatic rings. The third kappa shape index (κ3) is 5.52. The van der Waals surface area contributed by atoms with Gasteiger partial charge in [0.15, 0.2) is 0 Å². The first-order valence-electron chi connectivity index (χ1n) is 8.67. The molecule has 2 aromatic rings. The molecule has 0 unspecified atom stereocenters. The van der Waals surface area contributed by atoms with E-state index in [1.807, 2.05) is 18.2 Å². The van der Waals surface area contributed by atoms with Crippen molar-refractivity contribution in [1.29, 1.82) is 0 Å². The molecule has 2 atom stereocenters. The molecule has 0 saturated carbocycles. The minimum atomic E-state index is -0.429. The van der Waals surface area contributed by atoms with Crippen LogP contribution in [0.3, 0.4) is 0 Å². The third-order valence-electron chi connectivity index (χ3n) is 4.43. The first kappa shape index (κ1) is 22.8. The van der Waals surface area contributed by atoms with Gasteiger partial charge in [0, 0.05) is 19.0 Å². The highest BCUT2D eigenvalue weighted by molar-refractivity contribution is 6.42. The largest absolute Gasteiger partial charge is 0.492 e. The molecule has 8 heteroatoms. The average molecular weight is 447 g/mol. The predicted molar refractivity (Wildman–Crippen MR) is 112 cm³/mol. The SMILES string of the molecule is COC(=O)c1ccccc1OC[C@@H]1CNCCO[C@H]1c1ccc(Cl)c(Cl)c1.Cl. The van der Waals surface area contributed by atoms with Gasteiger partial charge >= 0.3 is 5.97 Å². The van der Waals surface area contributed by atoms with Crippen LogP contribution in [-0.2, 0) is 9.47 Å². The van der Waals surface area contributed by atoms with Crippen LogP contribution in [-0.4, -0.2) is 39.4 Å². The highest BCUT2D eigenvalue weighted by Crippen LogP contribution is 2.33. The summed E-state index contributed by atoms with van der Waals surface area (Å²) in [6, 6.07) is 12.5. The van der Waals surface area contributed by atoms with Gasteiger partial charge in [-0.1, -0.05) is 41.4 Å². The minimum absolute atomic E-state index is 0. The second-order valence-corrected chi connectivity index (χ2v) is 7.04. The Kier molecular flexibility index (Phi) is 8.86. The van der Waals surface area contributed by atoms with Crippen molar-refractivity contribution in [1.82, 2.24) is 5.32 Å². The molecule has 1 heterocycles. The molecule has 0 bridgehead atoms. The van der Waals surface area contributed by atoms with Gasteiger partial charge in [-0.3, -0.25) is 0 Å². The van der Waals surface area contributed by atoms with Gasteiger partial charge in [0.1, 0.15) is 11.3 Å². The van der Waals surface area contributed by atoms with Crippen LogP contribution in [0.1, 0.15) is 22.0 Å². The Morgan fingerprint density at radius 3 is 2.75 bits per heavy atom. The number of carbonyl (C=O) groups is 1. The molecule has 2 aromatic carbocycles. The number of benzene rings is 2. The van der Waals surface area contributed by atoms with Crippen molar-refractivity contribution in [3.8, 4) is 5.75 Å². The van der Waals surface area contributed by atoms with Crippen molar-refractivity contribution in [2.75, 3.05) is 33.4 Å². The summed E-state index contributed by atoms with van der Waals surface area (Å²) in [5, 5.41) is 4.35. The number of para-hydroxylation sites is 1. The van der Waals surface area contributed by atoms with Crippen molar-refractivity contribution in [3.05, 3.63) is 63.6 Å². The van der Waals surface area contributed by atoms with E-state index in [0.29, 0.717) is 41.1 Å². The Morgan fingerprint density at radius 1 is 1.21 bits per heavy atom. The van der Waals surface area contributed by atoms with E-state index in [4.69, 9.17) is 37.4 Å². The first-order chi connectivity index (χ1) is 13.1. The van der Waals surface area contributed by atoms with Crippen molar-refractivity contribution in [3.63, 3.8) is 0 Å². The van der Waals surface area contributed by atoms with Gasteiger partial charge < -0.3 is 19.5 Å². The molecule has 0 spiro atoms. The Hall–Kier alpha value is -1.50. The third-order valence-corrected chi connectivity index (χ3v) is 5.17. The molecule has 1 N–H and O–H groups in total. The summed E-state index contributed by atoms with van der Waals surface area (Å²) in [6.07, 6.45) is -0.194. The molecule has 1 saturated heterocycles. The van der Waals surface area contributed by atoms with Crippen LogP contribution >= 0.6 is 35.6 Å². The van der Waals surface area contributed by atoms with Gasteiger partial charge in [0.25, 0.3) is 0 Å². The smallest absolute Gasteiger partial charge is 0.341 e. The van der Waals surface area contributed by atoms with Crippen molar-refractivity contribution >= 4 is 41.6 Å². The van der Waals surface area contributed by atoms with Gasteiger partial charge in [-0.15, -0.1) is 12.4 Å².